The number of amides is 2. The fourth-order valence-corrected chi connectivity index (χ4v) is 3.99. The molecular formula is C26H30N4O2. The zero-order valence-corrected chi connectivity index (χ0v) is 19.6. The Bertz CT molecular complexity index is 1170. The number of benzene rings is 2. The van der Waals surface area contributed by atoms with E-state index in [0.717, 1.165) is 22.4 Å². The van der Waals surface area contributed by atoms with Gasteiger partial charge in [0.25, 0.3) is 5.89 Å². The lowest BCUT2D eigenvalue weighted by atomic mass is 9.92. The van der Waals surface area contributed by atoms with Gasteiger partial charge in [0.1, 0.15) is 0 Å². The predicted octanol–water partition coefficient (Wildman–Crippen LogP) is 5.82. The van der Waals surface area contributed by atoms with E-state index in [1.54, 1.807) is 4.90 Å². The van der Waals surface area contributed by atoms with Crippen molar-refractivity contribution in [3.8, 4) is 11.4 Å². The lowest BCUT2D eigenvalue weighted by Crippen LogP contribution is -2.47. The molecule has 4 rings (SSSR count). The number of hydrogen-bond acceptors (Lipinski definition) is 4. The van der Waals surface area contributed by atoms with Crippen molar-refractivity contribution in [2.24, 2.45) is 5.92 Å². The van der Waals surface area contributed by atoms with Gasteiger partial charge in [-0.15, -0.1) is 0 Å². The molecular weight excluding hydrogens is 400 g/mol. The average Bonchev–Trinajstić information content (AvgIpc) is 3.22. The molecule has 1 aromatic heterocycles. The van der Waals surface area contributed by atoms with Crippen LogP contribution in [0.4, 0.5) is 4.79 Å². The summed E-state index contributed by atoms with van der Waals surface area (Å²) in [6.45, 7) is 13.0. The van der Waals surface area contributed by atoms with Crippen molar-refractivity contribution in [2.75, 3.05) is 6.54 Å². The van der Waals surface area contributed by atoms with Gasteiger partial charge in [0.05, 0.1) is 11.6 Å². The molecule has 0 bridgehead atoms. The first-order valence-corrected chi connectivity index (χ1v) is 11.0. The Labute approximate surface area is 189 Å². The van der Waals surface area contributed by atoms with E-state index < -0.39 is 0 Å². The molecule has 2 heterocycles. The number of carbonyl (C=O) groups excluding carboxylic acids is 1. The standard InChI is InChI=1S/C26H30N4O2/c1-15(2)14-30-19(6)22(23(27-26(30)31)21-12-9-17(4)18(5)13-21)25-28-24(29-32-25)20-10-7-16(3)8-11-20/h7-13,15,23H,14H2,1-6H3,(H,27,31). The van der Waals surface area contributed by atoms with Crippen molar-refractivity contribution >= 4 is 11.6 Å². The Morgan fingerprint density at radius 3 is 2.41 bits per heavy atom. The lowest BCUT2D eigenvalue weighted by molar-refractivity contribution is 0.199. The number of hydrogen-bond donors (Lipinski definition) is 1. The van der Waals surface area contributed by atoms with Gasteiger partial charge in [0, 0.05) is 17.8 Å². The highest BCUT2D eigenvalue weighted by Crippen LogP contribution is 2.38. The number of urea groups is 1. The first-order chi connectivity index (χ1) is 15.2. The summed E-state index contributed by atoms with van der Waals surface area (Å²) in [5.41, 5.74) is 7.11. The van der Waals surface area contributed by atoms with Gasteiger partial charge in [-0.2, -0.15) is 4.98 Å². The smallest absolute Gasteiger partial charge is 0.322 e. The van der Waals surface area contributed by atoms with Gasteiger partial charge >= 0.3 is 6.03 Å². The van der Waals surface area contributed by atoms with Crippen molar-refractivity contribution in [2.45, 2.75) is 47.6 Å². The first-order valence-electron chi connectivity index (χ1n) is 11.0. The van der Waals surface area contributed by atoms with E-state index in [2.05, 4.69) is 56.4 Å². The molecule has 1 atom stereocenters. The van der Waals surface area contributed by atoms with Crippen LogP contribution in [0.15, 0.2) is 52.7 Å². The van der Waals surface area contributed by atoms with Crippen LogP contribution >= 0.6 is 0 Å². The fraction of sp³-hybridized carbons (Fsp3) is 0.346. The minimum atomic E-state index is -0.364. The molecule has 2 aromatic carbocycles. The molecule has 32 heavy (non-hydrogen) atoms. The fourth-order valence-electron chi connectivity index (χ4n) is 3.99. The van der Waals surface area contributed by atoms with Crippen molar-refractivity contribution in [1.29, 1.82) is 0 Å². The van der Waals surface area contributed by atoms with E-state index in [1.165, 1.54) is 16.7 Å². The van der Waals surface area contributed by atoms with Gasteiger partial charge in [0.2, 0.25) is 5.82 Å². The number of aryl methyl sites for hydroxylation is 3. The van der Waals surface area contributed by atoms with Crippen LogP contribution in [0.5, 0.6) is 0 Å². The summed E-state index contributed by atoms with van der Waals surface area (Å²) in [6, 6.07) is 13.8. The zero-order chi connectivity index (χ0) is 23.0. The molecule has 1 N–H and O–H groups in total. The van der Waals surface area contributed by atoms with E-state index >= 15 is 0 Å². The van der Waals surface area contributed by atoms with Gasteiger partial charge in [-0.3, -0.25) is 4.90 Å². The van der Waals surface area contributed by atoms with Crippen LogP contribution in [0, 0.1) is 26.7 Å². The normalized spacial score (nSPS) is 16.7. The van der Waals surface area contributed by atoms with Crippen LogP contribution in [0.25, 0.3) is 17.0 Å². The number of carbonyl (C=O) groups is 1. The van der Waals surface area contributed by atoms with Crippen molar-refractivity contribution in [3.05, 3.63) is 76.3 Å². The van der Waals surface area contributed by atoms with Gasteiger partial charge in [0.15, 0.2) is 0 Å². The summed E-state index contributed by atoms with van der Waals surface area (Å²) in [4.78, 5) is 19.5. The second kappa shape index (κ2) is 8.61. The van der Waals surface area contributed by atoms with Gasteiger partial charge in [-0.05, 0) is 50.3 Å². The highest BCUT2D eigenvalue weighted by molar-refractivity contribution is 5.87. The molecule has 1 unspecified atom stereocenters. The maximum absolute atomic E-state index is 13.0. The van der Waals surface area contributed by atoms with Crippen LogP contribution < -0.4 is 5.32 Å². The molecule has 166 valence electrons. The molecule has 2 amide bonds. The lowest BCUT2D eigenvalue weighted by Gasteiger charge is -2.36. The van der Waals surface area contributed by atoms with E-state index in [-0.39, 0.29) is 12.1 Å². The number of rotatable bonds is 5. The van der Waals surface area contributed by atoms with Crippen molar-refractivity contribution in [3.63, 3.8) is 0 Å². The monoisotopic (exact) mass is 430 g/mol. The molecule has 1 aliphatic rings. The molecule has 0 aliphatic carbocycles. The van der Waals surface area contributed by atoms with E-state index in [9.17, 15) is 4.79 Å². The molecule has 3 aromatic rings. The quantitative estimate of drug-likeness (QED) is 0.554. The first kappa shape index (κ1) is 21.8. The third kappa shape index (κ3) is 4.17. The van der Waals surface area contributed by atoms with Crippen LogP contribution in [0.1, 0.15) is 55.0 Å². The Morgan fingerprint density at radius 1 is 1.03 bits per heavy atom. The molecule has 0 saturated heterocycles. The average molecular weight is 431 g/mol. The number of nitrogens with zero attached hydrogens (tertiary/aromatic N) is 3. The van der Waals surface area contributed by atoms with E-state index in [0.29, 0.717) is 24.2 Å². The zero-order valence-electron chi connectivity index (χ0n) is 19.6. The number of allylic oxidation sites excluding steroid dienone is 1. The van der Waals surface area contributed by atoms with Crippen LogP contribution in [0.3, 0.4) is 0 Å². The van der Waals surface area contributed by atoms with Gasteiger partial charge in [-0.25, -0.2) is 4.79 Å². The maximum Gasteiger partial charge on any atom is 0.322 e. The summed E-state index contributed by atoms with van der Waals surface area (Å²) in [5, 5.41) is 7.41. The topological polar surface area (TPSA) is 71.3 Å². The van der Waals surface area contributed by atoms with E-state index in [1.807, 2.05) is 38.1 Å². The minimum Gasteiger partial charge on any atom is -0.334 e. The second-order valence-corrected chi connectivity index (χ2v) is 9.02. The van der Waals surface area contributed by atoms with Crippen molar-refractivity contribution in [1.82, 2.24) is 20.4 Å². The van der Waals surface area contributed by atoms with Crippen LogP contribution in [0.2, 0.25) is 0 Å². The Balaban J connectivity index is 1.82. The van der Waals surface area contributed by atoms with Gasteiger partial charge < -0.3 is 9.84 Å². The SMILES string of the molecule is CC1=C(c2nc(-c3ccc(C)cc3)no2)C(c2ccc(C)c(C)c2)NC(=O)N1CC(C)C. The Hall–Kier alpha value is -3.41. The van der Waals surface area contributed by atoms with E-state index in [4.69, 9.17) is 9.51 Å². The van der Waals surface area contributed by atoms with Crippen molar-refractivity contribution < 1.29 is 9.32 Å². The van der Waals surface area contributed by atoms with Gasteiger partial charge in [-0.1, -0.05) is 67.0 Å². The Kier molecular flexibility index (Phi) is 5.87. The highest BCUT2D eigenvalue weighted by atomic mass is 16.5. The number of nitrogens with one attached hydrogen (secondary N) is 1. The summed E-state index contributed by atoms with van der Waals surface area (Å²) in [6.07, 6.45) is 0. The van der Waals surface area contributed by atoms with Crippen LogP contribution in [-0.2, 0) is 0 Å². The highest BCUT2D eigenvalue weighted by Gasteiger charge is 2.36. The maximum atomic E-state index is 13.0. The third-order valence-electron chi connectivity index (χ3n) is 5.97. The molecule has 0 radical (unpaired) electrons. The summed E-state index contributed by atoms with van der Waals surface area (Å²) in [7, 11) is 0. The second-order valence-electron chi connectivity index (χ2n) is 9.02. The molecule has 0 fully saturated rings. The molecule has 6 nitrogen and oxygen atoms in total. The summed E-state index contributed by atoms with van der Waals surface area (Å²) < 4.78 is 5.76. The molecule has 0 spiro atoms. The summed E-state index contributed by atoms with van der Waals surface area (Å²) in [5.74, 6) is 1.28. The minimum absolute atomic E-state index is 0.110. The molecule has 1 aliphatic heterocycles. The number of aromatic nitrogens is 2. The molecule has 6 heteroatoms. The molecule has 0 saturated carbocycles. The van der Waals surface area contributed by atoms with Crippen LogP contribution in [-0.4, -0.2) is 27.6 Å². The third-order valence-corrected chi connectivity index (χ3v) is 5.97. The summed E-state index contributed by atoms with van der Waals surface area (Å²) >= 11 is 0. The largest absolute Gasteiger partial charge is 0.334 e. The predicted molar refractivity (Wildman–Crippen MR) is 126 cm³/mol. The Morgan fingerprint density at radius 2 is 1.75 bits per heavy atom.